The maximum absolute atomic E-state index is 11.6. The zero-order valence-electron chi connectivity index (χ0n) is 11.6. The molecule has 0 amide bonds. The molecule has 3 nitrogen and oxygen atoms in total. The molecule has 1 saturated heterocycles. The van der Waals surface area contributed by atoms with Gasteiger partial charge in [-0.05, 0) is 32.7 Å². The minimum atomic E-state index is -0.0479. The molecule has 3 heteroatoms. The number of rotatable bonds is 6. The van der Waals surface area contributed by atoms with Crippen molar-refractivity contribution in [1.82, 2.24) is 4.90 Å². The van der Waals surface area contributed by atoms with E-state index in [1.807, 2.05) is 13.8 Å². The number of carbonyl (C=O) groups is 1. The van der Waals surface area contributed by atoms with Gasteiger partial charge in [-0.1, -0.05) is 26.7 Å². The second kappa shape index (κ2) is 7.70. The SMILES string of the molecule is CCCC1CCCCN1CC(C)C(=O)OCC. The van der Waals surface area contributed by atoms with Gasteiger partial charge in [0.05, 0.1) is 12.5 Å². The van der Waals surface area contributed by atoms with Crippen LogP contribution in [0.3, 0.4) is 0 Å². The van der Waals surface area contributed by atoms with Gasteiger partial charge in [0, 0.05) is 12.6 Å². The van der Waals surface area contributed by atoms with Crippen LogP contribution in [0.2, 0.25) is 0 Å². The van der Waals surface area contributed by atoms with Crippen LogP contribution in [0, 0.1) is 5.92 Å². The summed E-state index contributed by atoms with van der Waals surface area (Å²) in [6.07, 6.45) is 6.40. The predicted molar refractivity (Wildman–Crippen MR) is 69.9 cm³/mol. The van der Waals surface area contributed by atoms with Crippen LogP contribution in [-0.4, -0.2) is 36.6 Å². The maximum Gasteiger partial charge on any atom is 0.309 e. The van der Waals surface area contributed by atoms with Crippen molar-refractivity contribution in [1.29, 1.82) is 0 Å². The van der Waals surface area contributed by atoms with Crippen LogP contribution in [0.4, 0.5) is 0 Å². The highest BCUT2D eigenvalue weighted by Gasteiger charge is 2.25. The summed E-state index contributed by atoms with van der Waals surface area (Å²) in [6, 6.07) is 0.686. The molecule has 2 unspecified atom stereocenters. The summed E-state index contributed by atoms with van der Waals surface area (Å²) in [4.78, 5) is 14.1. The average molecular weight is 241 g/mol. The van der Waals surface area contributed by atoms with E-state index in [4.69, 9.17) is 4.74 Å². The molecule has 1 heterocycles. The summed E-state index contributed by atoms with van der Waals surface area (Å²) in [6.45, 7) is 8.59. The topological polar surface area (TPSA) is 29.5 Å². The zero-order valence-corrected chi connectivity index (χ0v) is 11.6. The quantitative estimate of drug-likeness (QED) is 0.670. The monoisotopic (exact) mass is 241 g/mol. The Balaban J connectivity index is 2.43. The maximum atomic E-state index is 11.6. The van der Waals surface area contributed by atoms with Gasteiger partial charge >= 0.3 is 5.97 Å². The lowest BCUT2D eigenvalue weighted by atomic mass is 9.97. The van der Waals surface area contributed by atoms with Crippen LogP contribution >= 0.6 is 0 Å². The molecule has 0 spiro atoms. The number of likely N-dealkylation sites (tertiary alicyclic amines) is 1. The van der Waals surface area contributed by atoms with Crippen LogP contribution in [0.5, 0.6) is 0 Å². The smallest absolute Gasteiger partial charge is 0.309 e. The van der Waals surface area contributed by atoms with E-state index in [-0.39, 0.29) is 11.9 Å². The Hall–Kier alpha value is -0.570. The van der Waals surface area contributed by atoms with E-state index in [1.165, 1.54) is 32.1 Å². The predicted octanol–water partition coefficient (Wildman–Crippen LogP) is 2.84. The van der Waals surface area contributed by atoms with Gasteiger partial charge in [0.1, 0.15) is 0 Å². The van der Waals surface area contributed by atoms with Crippen LogP contribution in [0.15, 0.2) is 0 Å². The molecule has 1 aliphatic rings. The lowest BCUT2D eigenvalue weighted by Crippen LogP contribution is -2.43. The number of nitrogens with zero attached hydrogens (tertiary/aromatic N) is 1. The highest BCUT2D eigenvalue weighted by Crippen LogP contribution is 2.22. The molecule has 0 N–H and O–H groups in total. The fraction of sp³-hybridized carbons (Fsp3) is 0.929. The molecule has 0 saturated carbocycles. The molecular weight excluding hydrogens is 214 g/mol. The lowest BCUT2D eigenvalue weighted by molar-refractivity contribution is -0.148. The highest BCUT2D eigenvalue weighted by molar-refractivity contribution is 5.72. The zero-order chi connectivity index (χ0) is 12.7. The first kappa shape index (κ1) is 14.5. The molecule has 17 heavy (non-hydrogen) atoms. The normalized spacial score (nSPS) is 23.4. The lowest BCUT2D eigenvalue weighted by Gasteiger charge is -2.36. The van der Waals surface area contributed by atoms with Gasteiger partial charge < -0.3 is 4.74 Å². The Morgan fingerprint density at radius 3 is 2.82 bits per heavy atom. The Labute approximate surface area is 106 Å². The Kier molecular flexibility index (Phi) is 6.56. The second-order valence-corrected chi connectivity index (χ2v) is 5.09. The first-order chi connectivity index (χ1) is 8.19. The van der Waals surface area contributed by atoms with E-state index >= 15 is 0 Å². The Morgan fingerprint density at radius 1 is 1.41 bits per heavy atom. The van der Waals surface area contributed by atoms with E-state index in [0.29, 0.717) is 12.6 Å². The Morgan fingerprint density at radius 2 is 2.18 bits per heavy atom. The number of hydrogen-bond donors (Lipinski definition) is 0. The molecule has 1 aliphatic heterocycles. The molecule has 2 atom stereocenters. The molecule has 0 radical (unpaired) electrons. The van der Waals surface area contributed by atoms with Gasteiger partial charge in [0.2, 0.25) is 0 Å². The van der Waals surface area contributed by atoms with Gasteiger partial charge in [-0.2, -0.15) is 0 Å². The summed E-state index contributed by atoms with van der Waals surface area (Å²) >= 11 is 0. The third kappa shape index (κ3) is 4.66. The minimum Gasteiger partial charge on any atom is -0.466 e. The van der Waals surface area contributed by atoms with Gasteiger partial charge in [0.15, 0.2) is 0 Å². The van der Waals surface area contributed by atoms with E-state index < -0.39 is 0 Å². The third-order valence-electron chi connectivity index (χ3n) is 3.57. The van der Waals surface area contributed by atoms with Crippen molar-refractivity contribution >= 4 is 5.97 Å². The summed E-state index contributed by atoms with van der Waals surface area (Å²) in [5, 5.41) is 0. The number of ether oxygens (including phenoxy) is 1. The molecule has 100 valence electrons. The van der Waals surface area contributed by atoms with Crippen molar-refractivity contribution < 1.29 is 9.53 Å². The standard InChI is InChI=1S/C14H27NO2/c1-4-8-13-9-6-7-10-15(13)11-12(3)14(16)17-5-2/h12-13H,4-11H2,1-3H3. The number of piperidine rings is 1. The molecule has 0 aromatic carbocycles. The van der Waals surface area contributed by atoms with Gasteiger partial charge in [-0.3, -0.25) is 9.69 Å². The van der Waals surface area contributed by atoms with E-state index in [9.17, 15) is 4.79 Å². The van der Waals surface area contributed by atoms with Crippen molar-refractivity contribution in [3.05, 3.63) is 0 Å². The molecule has 0 aromatic heterocycles. The van der Waals surface area contributed by atoms with Gasteiger partial charge in [0.25, 0.3) is 0 Å². The summed E-state index contributed by atoms with van der Waals surface area (Å²) in [5.74, 6) is -0.0410. The molecular formula is C14H27NO2. The van der Waals surface area contributed by atoms with Crippen LogP contribution in [0.25, 0.3) is 0 Å². The molecule has 1 fully saturated rings. The first-order valence-electron chi connectivity index (χ1n) is 7.09. The van der Waals surface area contributed by atoms with Crippen molar-refractivity contribution in [2.75, 3.05) is 19.7 Å². The molecule has 0 aromatic rings. The number of carbonyl (C=O) groups excluding carboxylic acids is 1. The van der Waals surface area contributed by atoms with E-state index in [2.05, 4.69) is 11.8 Å². The summed E-state index contributed by atoms with van der Waals surface area (Å²) < 4.78 is 5.07. The van der Waals surface area contributed by atoms with Crippen molar-refractivity contribution in [2.24, 2.45) is 5.92 Å². The summed E-state index contributed by atoms with van der Waals surface area (Å²) in [5.41, 5.74) is 0. The summed E-state index contributed by atoms with van der Waals surface area (Å²) in [7, 11) is 0. The van der Waals surface area contributed by atoms with Gasteiger partial charge in [-0.15, -0.1) is 0 Å². The van der Waals surface area contributed by atoms with E-state index in [1.54, 1.807) is 0 Å². The van der Waals surface area contributed by atoms with Crippen LogP contribution < -0.4 is 0 Å². The molecule has 0 aliphatic carbocycles. The van der Waals surface area contributed by atoms with E-state index in [0.717, 1.165) is 13.1 Å². The Bertz CT molecular complexity index is 228. The fourth-order valence-electron chi connectivity index (χ4n) is 2.67. The van der Waals surface area contributed by atoms with Crippen molar-refractivity contribution in [3.63, 3.8) is 0 Å². The fourth-order valence-corrected chi connectivity index (χ4v) is 2.67. The number of esters is 1. The second-order valence-electron chi connectivity index (χ2n) is 5.09. The first-order valence-corrected chi connectivity index (χ1v) is 7.09. The van der Waals surface area contributed by atoms with Crippen LogP contribution in [-0.2, 0) is 9.53 Å². The molecule has 0 bridgehead atoms. The van der Waals surface area contributed by atoms with Crippen molar-refractivity contribution in [2.45, 2.75) is 58.9 Å². The van der Waals surface area contributed by atoms with Crippen LogP contribution in [0.1, 0.15) is 52.9 Å². The molecule has 1 rings (SSSR count). The highest BCUT2D eigenvalue weighted by atomic mass is 16.5. The van der Waals surface area contributed by atoms with Gasteiger partial charge in [-0.25, -0.2) is 0 Å². The minimum absolute atomic E-state index is 0.00686. The van der Waals surface area contributed by atoms with Crippen molar-refractivity contribution in [3.8, 4) is 0 Å². The largest absolute Gasteiger partial charge is 0.466 e. The number of hydrogen-bond acceptors (Lipinski definition) is 3. The average Bonchev–Trinajstić information content (AvgIpc) is 2.32. The third-order valence-corrected chi connectivity index (χ3v) is 3.57.